The number of nitrogens with zero attached hydrogens (tertiary/aromatic N) is 2. The molecule has 1 aliphatic heterocycles. The molecule has 0 radical (unpaired) electrons. The molecule has 1 aliphatic rings. The van der Waals surface area contributed by atoms with E-state index in [1.54, 1.807) is 0 Å². The Kier molecular flexibility index (Phi) is 5.92. The van der Waals surface area contributed by atoms with Crippen molar-refractivity contribution in [1.29, 1.82) is 0 Å². The number of nitrogens with two attached hydrogens (primary N) is 1. The van der Waals surface area contributed by atoms with Gasteiger partial charge in [-0.1, -0.05) is 19.8 Å². The minimum Gasteiger partial charge on any atom is -0.337 e. The van der Waals surface area contributed by atoms with Gasteiger partial charge in [-0.2, -0.15) is 0 Å². The van der Waals surface area contributed by atoms with Gasteiger partial charge in [0.25, 0.3) is 0 Å². The van der Waals surface area contributed by atoms with Crippen molar-refractivity contribution < 1.29 is 4.79 Å². The van der Waals surface area contributed by atoms with E-state index in [0.29, 0.717) is 6.04 Å². The Morgan fingerprint density at radius 1 is 1.53 bits per heavy atom. The minimum atomic E-state index is -0.294. The molecule has 2 N–H and O–H groups in total. The van der Waals surface area contributed by atoms with E-state index in [4.69, 9.17) is 5.73 Å². The number of carbonyl (C=O) groups excluding carboxylic acids is 1. The van der Waals surface area contributed by atoms with Crippen molar-refractivity contribution in [2.75, 3.05) is 27.2 Å². The SMILES string of the molecule is CCCCC(N)C(=O)N1CCCC1CN(C)C. The van der Waals surface area contributed by atoms with Crippen LogP contribution < -0.4 is 5.73 Å². The van der Waals surface area contributed by atoms with E-state index in [9.17, 15) is 4.79 Å². The van der Waals surface area contributed by atoms with Crippen LogP contribution in [0.3, 0.4) is 0 Å². The molecular formula is C13H27N3O. The third-order valence-electron chi connectivity index (χ3n) is 3.42. The summed E-state index contributed by atoms with van der Waals surface area (Å²) in [7, 11) is 4.11. The van der Waals surface area contributed by atoms with Crippen LogP contribution in [-0.2, 0) is 4.79 Å². The second-order valence-electron chi connectivity index (χ2n) is 5.34. The summed E-state index contributed by atoms with van der Waals surface area (Å²) in [5, 5.41) is 0. The largest absolute Gasteiger partial charge is 0.337 e. The highest BCUT2D eigenvalue weighted by Crippen LogP contribution is 2.19. The minimum absolute atomic E-state index is 0.155. The van der Waals surface area contributed by atoms with E-state index in [1.807, 2.05) is 4.90 Å². The van der Waals surface area contributed by atoms with Gasteiger partial charge in [-0.05, 0) is 33.4 Å². The second kappa shape index (κ2) is 6.97. The van der Waals surface area contributed by atoms with Crippen LogP contribution in [0.15, 0.2) is 0 Å². The summed E-state index contributed by atoms with van der Waals surface area (Å²) < 4.78 is 0. The Bertz CT molecular complexity index is 243. The highest BCUT2D eigenvalue weighted by atomic mass is 16.2. The fourth-order valence-corrected chi connectivity index (χ4v) is 2.50. The van der Waals surface area contributed by atoms with Crippen molar-refractivity contribution in [3.8, 4) is 0 Å². The summed E-state index contributed by atoms with van der Waals surface area (Å²) in [6, 6.07) is 0.0721. The molecule has 1 saturated heterocycles. The molecule has 1 rings (SSSR count). The molecule has 2 unspecified atom stereocenters. The van der Waals surface area contributed by atoms with Crippen LogP contribution in [0, 0.1) is 0 Å². The molecule has 4 nitrogen and oxygen atoms in total. The average Bonchev–Trinajstić information content (AvgIpc) is 2.71. The first-order valence-electron chi connectivity index (χ1n) is 6.77. The van der Waals surface area contributed by atoms with Gasteiger partial charge in [-0.15, -0.1) is 0 Å². The Balaban J connectivity index is 2.49. The smallest absolute Gasteiger partial charge is 0.239 e. The maximum Gasteiger partial charge on any atom is 0.239 e. The summed E-state index contributed by atoms with van der Waals surface area (Å²) in [4.78, 5) is 16.4. The summed E-state index contributed by atoms with van der Waals surface area (Å²) in [6.45, 7) is 3.96. The number of amides is 1. The zero-order valence-electron chi connectivity index (χ0n) is 11.5. The third-order valence-corrected chi connectivity index (χ3v) is 3.42. The van der Waals surface area contributed by atoms with Crippen molar-refractivity contribution in [3.05, 3.63) is 0 Å². The van der Waals surface area contributed by atoms with Gasteiger partial charge < -0.3 is 15.5 Å². The molecule has 1 amide bonds. The fraction of sp³-hybridized carbons (Fsp3) is 0.923. The first-order valence-corrected chi connectivity index (χ1v) is 6.77. The molecule has 0 bridgehead atoms. The van der Waals surface area contributed by atoms with Gasteiger partial charge in [-0.3, -0.25) is 4.79 Å². The highest BCUT2D eigenvalue weighted by molar-refractivity contribution is 5.82. The van der Waals surface area contributed by atoms with E-state index in [-0.39, 0.29) is 11.9 Å². The van der Waals surface area contributed by atoms with Crippen LogP contribution in [0.2, 0.25) is 0 Å². The number of carbonyl (C=O) groups is 1. The fourth-order valence-electron chi connectivity index (χ4n) is 2.50. The molecule has 0 saturated carbocycles. The summed E-state index contributed by atoms with van der Waals surface area (Å²) >= 11 is 0. The van der Waals surface area contributed by atoms with Crippen LogP contribution in [-0.4, -0.2) is 55.0 Å². The summed E-state index contributed by atoms with van der Waals surface area (Å²) in [6.07, 6.45) is 5.19. The zero-order valence-corrected chi connectivity index (χ0v) is 11.5. The van der Waals surface area contributed by atoms with E-state index >= 15 is 0 Å². The molecule has 100 valence electrons. The van der Waals surface area contributed by atoms with Crippen LogP contribution in [0.25, 0.3) is 0 Å². The van der Waals surface area contributed by atoms with Crippen LogP contribution in [0.5, 0.6) is 0 Å². The number of likely N-dealkylation sites (tertiary alicyclic amines) is 1. The topological polar surface area (TPSA) is 49.6 Å². The molecule has 0 aromatic rings. The zero-order chi connectivity index (χ0) is 12.8. The lowest BCUT2D eigenvalue weighted by Crippen LogP contribution is -2.48. The molecular weight excluding hydrogens is 214 g/mol. The van der Waals surface area contributed by atoms with E-state index in [2.05, 4.69) is 25.9 Å². The number of hydrogen-bond acceptors (Lipinski definition) is 3. The molecule has 4 heteroatoms. The van der Waals surface area contributed by atoms with Crippen LogP contribution in [0.1, 0.15) is 39.0 Å². The second-order valence-corrected chi connectivity index (χ2v) is 5.34. The predicted octanol–water partition coefficient (Wildman–Crippen LogP) is 1.06. The molecule has 0 aromatic heterocycles. The van der Waals surface area contributed by atoms with Gasteiger partial charge in [0, 0.05) is 19.1 Å². The van der Waals surface area contributed by atoms with E-state index in [1.165, 1.54) is 0 Å². The average molecular weight is 241 g/mol. The number of likely N-dealkylation sites (N-methyl/N-ethyl adjacent to an activating group) is 1. The standard InChI is InChI=1S/C13H27N3O/c1-4-5-8-12(14)13(17)16-9-6-7-11(16)10-15(2)3/h11-12H,4-10,14H2,1-3H3. The van der Waals surface area contributed by atoms with Gasteiger partial charge in [0.1, 0.15) is 0 Å². The summed E-state index contributed by atoms with van der Waals surface area (Å²) in [5.74, 6) is 0.155. The van der Waals surface area contributed by atoms with Crippen molar-refractivity contribution in [3.63, 3.8) is 0 Å². The van der Waals surface area contributed by atoms with Crippen molar-refractivity contribution >= 4 is 5.91 Å². The molecule has 0 aromatic carbocycles. The lowest BCUT2D eigenvalue weighted by Gasteiger charge is -2.29. The van der Waals surface area contributed by atoms with Crippen molar-refractivity contribution in [1.82, 2.24) is 9.80 Å². The predicted molar refractivity (Wildman–Crippen MR) is 70.8 cm³/mol. The Labute approximate surface area is 105 Å². The molecule has 0 spiro atoms. The maximum atomic E-state index is 12.2. The van der Waals surface area contributed by atoms with Gasteiger partial charge >= 0.3 is 0 Å². The van der Waals surface area contributed by atoms with E-state index < -0.39 is 0 Å². The number of hydrogen-bond donors (Lipinski definition) is 1. The Hall–Kier alpha value is -0.610. The van der Waals surface area contributed by atoms with E-state index in [0.717, 1.165) is 45.2 Å². The molecule has 1 fully saturated rings. The van der Waals surface area contributed by atoms with Gasteiger partial charge in [0.05, 0.1) is 6.04 Å². The molecule has 1 heterocycles. The Morgan fingerprint density at radius 3 is 2.82 bits per heavy atom. The quantitative estimate of drug-likeness (QED) is 0.756. The normalized spacial score (nSPS) is 22.2. The third kappa shape index (κ3) is 4.28. The lowest BCUT2D eigenvalue weighted by atomic mass is 10.1. The number of unbranched alkanes of at least 4 members (excludes halogenated alkanes) is 1. The first-order chi connectivity index (χ1) is 8.06. The van der Waals surface area contributed by atoms with Crippen molar-refractivity contribution in [2.24, 2.45) is 5.73 Å². The first kappa shape index (κ1) is 14.5. The van der Waals surface area contributed by atoms with Gasteiger partial charge in [0.15, 0.2) is 0 Å². The van der Waals surface area contributed by atoms with Gasteiger partial charge in [-0.25, -0.2) is 0 Å². The summed E-state index contributed by atoms with van der Waals surface area (Å²) in [5.41, 5.74) is 5.97. The lowest BCUT2D eigenvalue weighted by molar-refractivity contribution is -0.133. The monoisotopic (exact) mass is 241 g/mol. The maximum absolute atomic E-state index is 12.2. The van der Waals surface area contributed by atoms with Gasteiger partial charge in [0.2, 0.25) is 5.91 Å². The number of rotatable bonds is 6. The van der Waals surface area contributed by atoms with Crippen LogP contribution >= 0.6 is 0 Å². The van der Waals surface area contributed by atoms with Crippen molar-refractivity contribution in [2.45, 2.75) is 51.1 Å². The highest BCUT2D eigenvalue weighted by Gasteiger charge is 2.31. The molecule has 17 heavy (non-hydrogen) atoms. The molecule has 0 aliphatic carbocycles. The Morgan fingerprint density at radius 2 is 2.24 bits per heavy atom. The molecule has 2 atom stereocenters. The van der Waals surface area contributed by atoms with Crippen LogP contribution in [0.4, 0.5) is 0 Å².